The van der Waals surface area contributed by atoms with Gasteiger partial charge in [-0.1, -0.05) is 30.3 Å². The van der Waals surface area contributed by atoms with Crippen LogP contribution >= 0.6 is 0 Å². The van der Waals surface area contributed by atoms with Crippen molar-refractivity contribution in [1.82, 2.24) is 0 Å². The highest BCUT2D eigenvalue weighted by atomic mass is 19.4. The van der Waals surface area contributed by atoms with Crippen molar-refractivity contribution in [3.05, 3.63) is 65.7 Å². The van der Waals surface area contributed by atoms with Crippen LogP contribution in [0.4, 0.5) is 13.2 Å². The molecular formula is C16H13F3O3. The maximum atomic E-state index is 12.5. The van der Waals surface area contributed by atoms with Crippen molar-refractivity contribution in [2.45, 2.75) is 18.7 Å². The molecule has 0 unspecified atom stereocenters. The van der Waals surface area contributed by atoms with Crippen LogP contribution in [0, 0.1) is 0 Å². The van der Waals surface area contributed by atoms with Gasteiger partial charge >= 0.3 is 12.1 Å². The van der Waals surface area contributed by atoms with Crippen LogP contribution in [0.25, 0.3) is 0 Å². The summed E-state index contributed by atoms with van der Waals surface area (Å²) in [5, 5.41) is 8.95. The SMILES string of the molecule is O=C(O)C[C@H](Oc1ccc(C(F)(F)F)cc1)c1ccccc1. The summed E-state index contributed by atoms with van der Waals surface area (Å²) < 4.78 is 43.0. The predicted octanol–water partition coefficient (Wildman–Crippen LogP) is 4.30. The zero-order valence-corrected chi connectivity index (χ0v) is 11.4. The number of halogens is 3. The lowest BCUT2D eigenvalue weighted by Crippen LogP contribution is -2.13. The summed E-state index contributed by atoms with van der Waals surface area (Å²) in [7, 11) is 0. The van der Waals surface area contributed by atoms with Gasteiger partial charge in [0.25, 0.3) is 0 Å². The highest BCUT2D eigenvalue weighted by Crippen LogP contribution is 2.31. The first-order valence-corrected chi connectivity index (χ1v) is 6.47. The molecule has 0 saturated heterocycles. The Labute approximate surface area is 125 Å². The summed E-state index contributed by atoms with van der Waals surface area (Å²) in [6.45, 7) is 0. The van der Waals surface area contributed by atoms with Crippen molar-refractivity contribution in [2.24, 2.45) is 0 Å². The minimum Gasteiger partial charge on any atom is -0.485 e. The van der Waals surface area contributed by atoms with Crippen molar-refractivity contribution in [3.8, 4) is 5.75 Å². The van der Waals surface area contributed by atoms with Gasteiger partial charge in [0.1, 0.15) is 11.9 Å². The molecular weight excluding hydrogens is 297 g/mol. The highest BCUT2D eigenvalue weighted by Gasteiger charge is 2.30. The highest BCUT2D eigenvalue weighted by molar-refractivity contribution is 5.67. The maximum absolute atomic E-state index is 12.5. The third kappa shape index (κ3) is 4.25. The number of carboxylic acid groups (broad SMARTS) is 1. The normalized spacial score (nSPS) is 12.7. The number of benzene rings is 2. The van der Waals surface area contributed by atoms with Gasteiger partial charge in [-0.25, -0.2) is 0 Å². The lowest BCUT2D eigenvalue weighted by molar-refractivity contribution is -0.139. The van der Waals surface area contributed by atoms with E-state index in [2.05, 4.69) is 0 Å². The topological polar surface area (TPSA) is 46.5 Å². The Morgan fingerprint density at radius 2 is 1.64 bits per heavy atom. The van der Waals surface area contributed by atoms with Gasteiger partial charge < -0.3 is 9.84 Å². The predicted molar refractivity (Wildman–Crippen MR) is 73.5 cm³/mol. The Balaban J connectivity index is 2.19. The molecule has 0 aliphatic carbocycles. The zero-order valence-electron chi connectivity index (χ0n) is 11.4. The molecule has 0 aliphatic rings. The Morgan fingerprint density at radius 3 is 2.14 bits per heavy atom. The van der Waals surface area contributed by atoms with Gasteiger partial charge in [0.05, 0.1) is 12.0 Å². The van der Waals surface area contributed by atoms with E-state index < -0.39 is 23.8 Å². The molecule has 1 N–H and O–H groups in total. The molecule has 3 nitrogen and oxygen atoms in total. The van der Waals surface area contributed by atoms with Crippen LogP contribution in [0.15, 0.2) is 54.6 Å². The molecule has 0 aliphatic heterocycles. The van der Waals surface area contributed by atoms with Gasteiger partial charge in [0, 0.05) is 0 Å². The standard InChI is InChI=1S/C16H13F3O3/c17-16(18,19)12-6-8-13(9-7-12)22-14(10-15(20)21)11-4-2-1-3-5-11/h1-9,14H,10H2,(H,20,21)/t14-/m0/s1. The largest absolute Gasteiger partial charge is 0.485 e. The maximum Gasteiger partial charge on any atom is 0.416 e. The monoisotopic (exact) mass is 310 g/mol. The molecule has 0 saturated carbocycles. The number of rotatable bonds is 5. The zero-order chi connectivity index (χ0) is 16.2. The van der Waals surface area contributed by atoms with Gasteiger partial charge in [0.15, 0.2) is 0 Å². The second-order valence-corrected chi connectivity index (χ2v) is 4.64. The van der Waals surface area contributed by atoms with Crippen molar-refractivity contribution < 1.29 is 27.8 Å². The van der Waals surface area contributed by atoms with Crippen LogP contribution in [0.5, 0.6) is 5.75 Å². The second kappa shape index (κ2) is 6.51. The molecule has 0 amide bonds. The number of carbonyl (C=O) groups is 1. The van der Waals surface area contributed by atoms with E-state index in [0.29, 0.717) is 5.56 Å². The first-order chi connectivity index (χ1) is 10.4. The average Bonchev–Trinajstić information content (AvgIpc) is 2.47. The van der Waals surface area contributed by atoms with Crippen LogP contribution in [-0.2, 0) is 11.0 Å². The van der Waals surface area contributed by atoms with Crippen molar-refractivity contribution in [1.29, 1.82) is 0 Å². The first-order valence-electron chi connectivity index (χ1n) is 6.47. The number of carboxylic acids is 1. The smallest absolute Gasteiger partial charge is 0.416 e. The van der Waals surface area contributed by atoms with Gasteiger partial charge in [-0.3, -0.25) is 4.79 Å². The molecule has 2 aromatic carbocycles. The van der Waals surface area contributed by atoms with Crippen molar-refractivity contribution in [2.75, 3.05) is 0 Å². The second-order valence-electron chi connectivity index (χ2n) is 4.64. The minimum atomic E-state index is -4.42. The van der Waals surface area contributed by atoms with Crippen molar-refractivity contribution >= 4 is 5.97 Å². The molecule has 0 heterocycles. The van der Waals surface area contributed by atoms with E-state index in [1.54, 1.807) is 30.3 Å². The molecule has 0 aromatic heterocycles. The molecule has 0 fully saturated rings. The third-order valence-electron chi connectivity index (χ3n) is 2.99. The number of alkyl halides is 3. The summed E-state index contributed by atoms with van der Waals surface area (Å²) in [5.41, 5.74) is -0.140. The number of hydrogen-bond acceptors (Lipinski definition) is 2. The fourth-order valence-corrected chi connectivity index (χ4v) is 1.94. The number of aliphatic carboxylic acids is 1. The average molecular weight is 310 g/mol. The third-order valence-corrected chi connectivity index (χ3v) is 2.99. The van der Waals surface area contributed by atoms with Gasteiger partial charge in [-0.2, -0.15) is 13.2 Å². The van der Waals surface area contributed by atoms with Gasteiger partial charge in [-0.15, -0.1) is 0 Å². The molecule has 0 bridgehead atoms. The molecule has 0 spiro atoms. The van der Waals surface area contributed by atoms with E-state index in [0.717, 1.165) is 12.1 Å². The molecule has 22 heavy (non-hydrogen) atoms. The fourth-order valence-electron chi connectivity index (χ4n) is 1.94. The van der Waals surface area contributed by atoms with E-state index in [1.165, 1.54) is 12.1 Å². The Bertz CT molecular complexity index is 621. The quantitative estimate of drug-likeness (QED) is 0.895. The summed E-state index contributed by atoms with van der Waals surface area (Å²) in [6, 6.07) is 12.8. The number of ether oxygens (including phenoxy) is 1. The molecule has 0 radical (unpaired) electrons. The Hall–Kier alpha value is -2.50. The number of hydrogen-bond donors (Lipinski definition) is 1. The van der Waals surface area contributed by atoms with Crippen LogP contribution in [0.3, 0.4) is 0 Å². The summed E-state index contributed by atoms with van der Waals surface area (Å²) >= 11 is 0. The molecule has 116 valence electrons. The lowest BCUT2D eigenvalue weighted by Gasteiger charge is -2.18. The van der Waals surface area contributed by atoms with Crippen LogP contribution in [0.2, 0.25) is 0 Å². The molecule has 1 atom stereocenters. The van der Waals surface area contributed by atoms with Crippen molar-refractivity contribution in [3.63, 3.8) is 0 Å². The van der Waals surface area contributed by atoms with E-state index in [-0.39, 0.29) is 12.2 Å². The summed E-state index contributed by atoms with van der Waals surface area (Å²) in [4.78, 5) is 10.9. The first kappa shape index (κ1) is 15.9. The van der Waals surface area contributed by atoms with Gasteiger partial charge in [-0.05, 0) is 29.8 Å². The summed E-state index contributed by atoms with van der Waals surface area (Å²) in [6.07, 6.45) is -5.47. The van der Waals surface area contributed by atoms with E-state index >= 15 is 0 Å². The van der Waals surface area contributed by atoms with E-state index in [9.17, 15) is 18.0 Å². The molecule has 2 aromatic rings. The molecule has 2 rings (SSSR count). The minimum absolute atomic E-state index is 0.183. The summed E-state index contributed by atoms with van der Waals surface area (Å²) in [5.74, 6) is -0.871. The van der Waals surface area contributed by atoms with Gasteiger partial charge in [0.2, 0.25) is 0 Å². The Kier molecular flexibility index (Phi) is 4.70. The van der Waals surface area contributed by atoms with E-state index in [4.69, 9.17) is 9.84 Å². The lowest BCUT2D eigenvalue weighted by atomic mass is 10.1. The van der Waals surface area contributed by atoms with Crippen LogP contribution in [-0.4, -0.2) is 11.1 Å². The molecule has 6 heteroatoms. The Morgan fingerprint density at radius 1 is 1.05 bits per heavy atom. The van der Waals surface area contributed by atoms with E-state index in [1.807, 2.05) is 0 Å². The van der Waals surface area contributed by atoms with Crippen LogP contribution in [0.1, 0.15) is 23.7 Å². The van der Waals surface area contributed by atoms with Crippen LogP contribution < -0.4 is 4.74 Å². The fraction of sp³-hybridized carbons (Fsp3) is 0.188.